The molecule has 3 atom stereocenters. The third kappa shape index (κ3) is 44.4. The number of aliphatic hydroxyl groups excluding tert-OH is 1. The van der Waals surface area contributed by atoms with Crippen LogP contribution in [0.4, 0.5) is 0 Å². The summed E-state index contributed by atoms with van der Waals surface area (Å²) in [5.74, 6) is -2.37. The molecule has 61 heavy (non-hydrogen) atoms. The molecule has 0 spiro atoms. The average molecular weight is 886 g/mol. The Bertz CT molecular complexity index is 1130. The van der Waals surface area contributed by atoms with Gasteiger partial charge in [-0.15, -0.1) is 0 Å². The lowest BCUT2D eigenvalue weighted by atomic mass is 10.1. The number of phosphoric ester groups is 1. The van der Waals surface area contributed by atoms with Gasteiger partial charge in [0.2, 0.25) is 5.91 Å². The number of ether oxygens (including phenoxy) is 1. The minimum atomic E-state index is -4.76. The molecule has 358 valence electrons. The van der Waals surface area contributed by atoms with E-state index in [-0.39, 0.29) is 12.8 Å². The summed E-state index contributed by atoms with van der Waals surface area (Å²) in [6.45, 7) is 2.62. The Morgan fingerprint density at radius 1 is 0.508 bits per heavy atom. The van der Waals surface area contributed by atoms with Gasteiger partial charge in [0, 0.05) is 12.8 Å². The van der Waals surface area contributed by atoms with Gasteiger partial charge in [-0.1, -0.05) is 186 Å². The Labute approximate surface area is 372 Å². The van der Waals surface area contributed by atoms with E-state index in [9.17, 15) is 34.1 Å². The van der Waals surface area contributed by atoms with Gasteiger partial charge in [0.05, 0.1) is 13.2 Å². The molecule has 0 aliphatic carbocycles. The summed E-state index contributed by atoms with van der Waals surface area (Å²) < 4.78 is 26.9. The van der Waals surface area contributed by atoms with Crippen LogP contribution in [0.1, 0.15) is 239 Å². The number of carboxylic acid groups (broad SMARTS) is 1. The molecular formula is C49H92NO10P. The predicted molar refractivity (Wildman–Crippen MR) is 249 cm³/mol. The number of allylic oxidation sites excluding steroid dienone is 4. The molecule has 0 aromatic heterocycles. The number of carbonyl (C=O) groups excluding carboxylic acids is 2. The summed E-state index contributed by atoms with van der Waals surface area (Å²) in [5, 5.41) is 21.9. The van der Waals surface area contributed by atoms with Crippen LogP contribution in [-0.2, 0) is 32.7 Å². The first-order valence-electron chi connectivity index (χ1n) is 24.9. The Hall–Kier alpha value is -2.04. The van der Waals surface area contributed by atoms with Gasteiger partial charge in [-0.05, 0) is 64.2 Å². The van der Waals surface area contributed by atoms with Gasteiger partial charge in [0.25, 0.3) is 0 Å². The zero-order valence-electron chi connectivity index (χ0n) is 39.0. The molecule has 0 aliphatic heterocycles. The van der Waals surface area contributed by atoms with Crippen molar-refractivity contribution in [2.24, 2.45) is 0 Å². The Kier molecular flexibility index (Phi) is 43.1. The molecule has 0 rings (SSSR count). The van der Waals surface area contributed by atoms with E-state index in [1.165, 1.54) is 148 Å². The zero-order chi connectivity index (χ0) is 44.9. The number of phosphoric acid groups is 1. The minimum absolute atomic E-state index is 0.142. The number of unbranched alkanes of at least 4 members (excludes halogenated alkanes) is 29. The largest absolute Gasteiger partial charge is 0.480 e. The molecule has 1 amide bonds. The van der Waals surface area contributed by atoms with Crippen molar-refractivity contribution in [3.05, 3.63) is 24.3 Å². The predicted octanol–water partition coefficient (Wildman–Crippen LogP) is 13.4. The number of nitrogens with one attached hydrogen (secondary N) is 1. The van der Waals surface area contributed by atoms with Crippen molar-refractivity contribution in [2.45, 2.75) is 251 Å². The molecule has 0 radical (unpaired) electrons. The molecule has 11 nitrogen and oxygen atoms in total. The van der Waals surface area contributed by atoms with Crippen molar-refractivity contribution in [2.75, 3.05) is 19.8 Å². The van der Waals surface area contributed by atoms with Gasteiger partial charge < -0.3 is 25.2 Å². The first-order valence-corrected chi connectivity index (χ1v) is 26.4. The summed E-state index contributed by atoms with van der Waals surface area (Å²) in [7, 11) is -4.76. The maximum absolute atomic E-state index is 12.3. The highest BCUT2D eigenvalue weighted by atomic mass is 31.2. The van der Waals surface area contributed by atoms with Gasteiger partial charge in [0.1, 0.15) is 12.7 Å². The highest BCUT2D eigenvalue weighted by molar-refractivity contribution is 7.47. The van der Waals surface area contributed by atoms with E-state index >= 15 is 0 Å². The lowest BCUT2D eigenvalue weighted by molar-refractivity contribution is -0.147. The van der Waals surface area contributed by atoms with Crippen molar-refractivity contribution in [1.82, 2.24) is 5.32 Å². The molecule has 0 aromatic carbocycles. The molecule has 4 N–H and O–H groups in total. The summed E-state index contributed by atoms with van der Waals surface area (Å²) >= 11 is 0. The molecule has 3 unspecified atom stereocenters. The van der Waals surface area contributed by atoms with Crippen molar-refractivity contribution in [3.63, 3.8) is 0 Å². The normalized spacial score (nSPS) is 13.8. The summed E-state index contributed by atoms with van der Waals surface area (Å²) in [6.07, 6.45) is 47.7. The van der Waals surface area contributed by atoms with Gasteiger partial charge in [0.15, 0.2) is 6.04 Å². The van der Waals surface area contributed by atoms with Crippen molar-refractivity contribution < 1.29 is 47.8 Å². The number of aliphatic carboxylic acids is 1. The quantitative estimate of drug-likeness (QED) is 0.0200. The summed E-state index contributed by atoms with van der Waals surface area (Å²) in [4.78, 5) is 46.1. The lowest BCUT2D eigenvalue weighted by Crippen LogP contribution is -2.43. The molecular weight excluding hydrogens is 794 g/mol. The SMILES string of the molecule is CCCCCCCC/C=C/CCCCCCCCCCCC(=O)OCC(O)COP(=O)(O)OCC(NC(=O)CCCCCCCCC/C=C\CCCCCCCCC)C(=O)O. The van der Waals surface area contributed by atoms with Crippen LogP contribution in [0.5, 0.6) is 0 Å². The molecule has 0 saturated heterocycles. The number of carbonyl (C=O) groups is 3. The van der Waals surface area contributed by atoms with Crippen LogP contribution in [-0.4, -0.2) is 64.9 Å². The second-order valence-electron chi connectivity index (χ2n) is 17.0. The van der Waals surface area contributed by atoms with E-state index in [4.69, 9.17) is 13.8 Å². The van der Waals surface area contributed by atoms with Gasteiger partial charge in [-0.2, -0.15) is 0 Å². The van der Waals surface area contributed by atoms with Crippen LogP contribution in [0.3, 0.4) is 0 Å². The van der Waals surface area contributed by atoms with E-state index in [0.717, 1.165) is 51.4 Å². The van der Waals surface area contributed by atoms with E-state index in [1.807, 2.05) is 0 Å². The highest BCUT2D eigenvalue weighted by Crippen LogP contribution is 2.43. The van der Waals surface area contributed by atoms with Crippen molar-refractivity contribution >= 4 is 25.7 Å². The monoisotopic (exact) mass is 886 g/mol. The first-order chi connectivity index (χ1) is 29.6. The van der Waals surface area contributed by atoms with E-state index in [1.54, 1.807) is 0 Å². The van der Waals surface area contributed by atoms with Crippen LogP contribution in [0.25, 0.3) is 0 Å². The minimum Gasteiger partial charge on any atom is -0.480 e. The average Bonchev–Trinajstić information content (AvgIpc) is 3.24. The molecule has 0 heterocycles. The van der Waals surface area contributed by atoms with Crippen LogP contribution in [0.15, 0.2) is 24.3 Å². The molecule has 0 fully saturated rings. The van der Waals surface area contributed by atoms with Crippen LogP contribution >= 0.6 is 7.82 Å². The lowest BCUT2D eigenvalue weighted by Gasteiger charge is -2.18. The molecule has 0 bridgehead atoms. The number of amides is 1. The van der Waals surface area contributed by atoms with E-state index in [0.29, 0.717) is 12.8 Å². The fourth-order valence-corrected chi connectivity index (χ4v) is 7.84. The summed E-state index contributed by atoms with van der Waals surface area (Å²) in [5.41, 5.74) is 0. The molecule has 0 saturated carbocycles. The summed E-state index contributed by atoms with van der Waals surface area (Å²) in [6, 6.07) is -1.55. The number of rotatable bonds is 47. The number of hydrogen-bond donors (Lipinski definition) is 4. The van der Waals surface area contributed by atoms with Crippen molar-refractivity contribution in [1.29, 1.82) is 0 Å². The van der Waals surface area contributed by atoms with Gasteiger partial charge >= 0.3 is 19.8 Å². The standard InChI is InChI=1S/C49H92NO10P/c1-3-5-7-9-11-13-15-17-19-21-23-25-27-29-31-33-35-37-39-41-48(53)58-42-45(51)43-59-61(56,57)60-44-46(49(54)55)50-47(52)40-38-36-34-32-30-28-26-24-22-20-18-16-14-12-10-8-6-4-2/h17,19-20,22,45-46,51H,3-16,18,21,23-44H2,1-2H3,(H,50,52)(H,54,55)(H,56,57)/b19-17+,22-20-. The third-order valence-electron chi connectivity index (χ3n) is 11.0. The van der Waals surface area contributed by atoms with Gasteiger partial charge in [-0.25, -0.2) is 9.36 Å². The second-order valence-corrected chi connectivity index (χ2v) is 18.5. The zero-order valence-corrected chi connectivity index (χ0v) is 39.9. The number of esters is 1. The molecule has 12 heteroatoms. The number of aliphatic hydroxyl groups is 1. The smallest absolute Gasteiger partial charge is 0.472 e. The number of carboxylic acids is 1. The first kappa shape index (κ1) is 59.0. The highest BCUT2D eigenvalue weighted by Gasteiger charge is 2.28. The van der Waals surface area contributed by atoms with Crippen LogP contribution in [0.2, 0.25) is 0 Å². The fraction of sp³-hybridized carbons (Fsp3) is 0.857. The maximum Gasteiger partial charge on any atom is 0.472 e. The van der Waals surface area contributed by atoms with E-state index in [2.05, 4.69) is 43.5 Å². The third-order valence-corrected chi connectivity index (χ3v) is 11.9. The Morgan fingerprint density at radius 3 is 1.25 bits per heavy atom. The topological polar surface area (TPSA) is 169 Å². The van der Waals surface area contributed by atoms with Crippen LogP contribution < -0.4 is 5.32 Å². The van der Waals surface area contributed by atoms with Crippen LogP contribution in [0, 0.1) is 0 Å². The fourth-order valence-electron chi connectivity index (χ4n) is 7.07. The van der Waals surface area contributed by atoms with Gasteiger partial charge in [-0.3, -0.25) is 18.6 Å². The second kappa shape index (κ2) is 44.6. The maximum atomic E-state index is 12.3. The number of hydrogen-bond acceptors (Lipinski definition) is 8. The molecule has 0 aliphatic rings. The molecule has 0 aromatic rings. The Balaban J connectivity index is 3.84. The Morgan fingerprint density at radius 2 is 0.852 bits per heavy atom. The van der Waals surface area contributed by atoms with E-state index < -0.39 is 57.6 Å². The van der Waals surface area contributed by atoms with Crippen molar-refractivity contribution in [3.8, 4) is 0 Å².